The second-order valence-corrected chi connectivity index (χ2v) is 0.947. The zero-order chi connectivity index (χ0) is 4.83. The van der Waals surface area contributed by atoms with E-state index in [0.717, 1.165) is 6.42 Å². The average molecular weight is 84.1 g/mol. The lowest BCUT2D eigenvalue weighted by molar-refractivity contribution is 0.206. The number of terminal acetylenes is 1. The standard InChI is InChI=1S/C5H8O/c1-3-4-5-6-2/h1H,4-5H2,2H3. The summed E-state index contributed by atoms with van der Waals surface area (Å²) in [6.07, 6.45) is 5.60. The minimum Gasteiger partial charge on any atom is -0.384 e. The highest BCUT2D eigenvalue weighted by atomic mass is 16.5. The fourth-order valence-corrected chi connectivity index (χ4v) is 0.161. The van der Waals surface area contributed by atoms with E-state index in [4.69, 9.17) is 6.42 Å². The van der Waals surface area contributed by atoms with Gasteiger partial charge in [0.05, 0.1) is 6.61 Å². The van der Waals surface area contributed by atoms with Gasteiger partial charge >= 0.3 is 0 Å². The molecular weight excluding hydrogens is 76.1 g/mol. The molecular formula is C5H8O. The monoisotopic (exact) mass is 84.1 g/mol. The molecule has 1 heteroatoms. The van der Waals surface area contributed by atoms with E-state index in [2.05, 4.69) is 10.7 Å². The molecule has 0 bridgehead atoms. The van der Waals surface area contributed by atoms with Gasteiger partial charge in [0.25, 0.3) is 0 Å². The highest BCUT2D eigenvalue weighted by Gasteiger charge is 1.70. The van der Waals surface area contributed by atoms with Gasteiger partial charge in [-0.15, -0.1) is 12.3 Å². The zero-order valence-electron chi connectivity index (χ0n) is 3.90. The summed E-state index contributed by atoms with van der Waals surface area (Å²) in [6.45, 7) is 0.677. The van der Waals surface area contributed by atoms with Gasteiger partial charge in [-0.3, -0.25) is 0 Å². The smallest absolute Gasteiger partial charge is 0.0571 e. The molecule has 0 fully saturated rings. The van der Waals surface area contributed by atoms with Gasteiger partial charge < -0.3 is 4.74 Å². The molecule has 0 heterocycles. The van der Waals surface area contributed by atoms with E-state index in [1.54, 1.807) is 7.11 Å². The maximum atomic E-state index is 4.88. The molecule has 0 unspecified atom stereocenters. The first kappa shape index (κ1) is 5.52. The van der Waals surface area contributed by atoms with Crippen LogP contribution in [0, 0.1) is 12.3 Å². The maximum absolute atomic E-state index is 4.88. The highest BCUT2D eigenvalue weighted by Crippen LogP contribution is 1.71. The largest absolute Gasteiger partial charge is 0.384 e. The minimum atomic E-state index is 0.677. The third-order valence-electron chi connectivity index (χ3n) is 0.451. The van der Waals surface area contributed by atoms with Crippen molar-refractivity contribution in [3.63, 3.8) is 0 Å². The SMILES string of the molecule is C#CCCOC. The Morgan fingerprint density at radius 3 is 2.67 bits per heavy atom. The van der Waals surface area contributed by atoms with Crippen LogP contribution in [-0.2, 0) is 4.74 Å². The summed E-state index contributed by atoms with van der Waals surface area (Å²) in [7, 11) is 1.64. The number of hydrogen-bond donors (Lipinski definition) is 0. The quantitative estimate of drug-likeness (QED) is 0.352. The van der Waals surface area contributed by atoms with Gasteiger partial charge in [0.1, 0.15) is 0 Å². The molecule has 1 nitrogen and oxygen atoms in total. The predicted molar refractivity (Wildman–Crippen MR) is 25.3 cm³/mol. The average Bonchev–Trinajstić information content (AvgIpc) is 1.61. The van der Waals surface area contributed by atoms with Gasteiger partial charge in [0.2, 0.25) is 0 Å². The topological polar surface area (TPSA) is 9.23 Å². The predicted octanol–water partition coefficient (Wildman–Crippen LogP) is 0.656. The van der Waals surface area contributed by atoms with Crippen molar-refractivity contribution in [3.05, 3.63) is 0 Å². The Morgan fingerprint density at radius 1 is 1.83 bits per heavy atom. The van der Waals surface area contributed by atoms with Crippen molar-refractivity contribution in [2.75, 3.05) is 13.7 Å². The summed E-state index contributed by atoms with van der Waals surface area (Å²) in [5.74, 6) is 2.44. The van der Waals surface area contributed by atoms with Crippen LogP contribution in [0.15, 0.2) is 0 Å². The molecule has 34 valence electrons. The van der Waals surface area contributed by atoms with Crippen molar-refractivity contribution in [2.45, 2.75) is 6.42 Å². The van der Waals surface area contributed by atoms with Gasteiger partial charge in [0.15, 0.2) is 0 Å². The number of methoxy groups -OCH3 is 1. The van der Waals surface area contributed by atoms with Gasteiger partial charge in [-0.05, 0) is 0 Å². The van der Waals surface area contributed by atoms with E-state index in [-0.39, 0.29) is 0 Å². The molecule has 0 radical (unpaired) electrons. The lowest BCUT2D eigenvalue weighted by Crippen LogP contribution is -1.82. The summed E-state index contributed by atoms with van der Waals surface area (Å²) in [5.41, 5.74) is 0. The van der Waals surface area contributed by atoms with Crippen LogP contribution < -0.4 is 0 Å². The van der Waals surface area contributed by atoms with Crippen LogP contribution in [0.5, 0.6) is 0 Å². The molecule has 0 rings (SSSR count). The molecule has 0 spiro atoms. The fourth-order valence-electron chi connectivity index (χ4n) is 0.161. The van der Waals surface area contributed by atoms with Crippen molar-refractivity contribution in [1.29, 1.82) is 0 Å². The van der Waals surface area contributed by atoms with Gasteiger partial charge in [-0.2, -0.15) is 0 Å². The molecule has 0 aromatic heterocycles. The lowest BCUT2D eigenvalue weighted by Gasteiger charge is -1.84. The number of ether oxygens (including phenoxy) is 1. The third kappa shape index (κ3) is 3.52. The summed E-state index contributed by atoms with van der Waals surface area (Å²) in [6, 6.07) is 0. The molecule has 0 amide bonds. The molecule has 0 aromatic rings. The molecule has 0 aliphatic rings. The molecule has 0 aromatic carbocycles. The Labute approximate surface area is 38.3 Å². The van der Waals surface area contributed by atoms with E-state index < -0.39 is 0 Å². The van der Waals surface area contributed by atoms with Crippen molar-refractivity contribution in [2.24, 2.45) is 0 Å². The highest BCUT2D eigenvalue weighted by molar-refractivity contribution is 4.82. The normalized spacial score (nSPS) is 7.33. The van der Waals surface area contributed by atoms with E-state index in [0.29, 0.717) is 6.61 Å². The summed E-state index contributed by atoms with van der Waals surface area (Å²) in [4.78, 5) is 0. The molecule has 0 atom stereocenters. The number of rotatable bonds is 2. The fraction of sp³-hybridized carbons (Fsp3) is 0.600. The molecule has 0 N–H and O–H groups in total. The van der Waals surface area contributed by atoms with Gasteiger partial charge in [-0.25, -0.2) is 0 Å². The van der Waals surface area contributed by atoms with Crippen molar-refractivity contribution >= 4 is 0 Å². The Balaban J connectivity index is 2.54. The first-order valence-electron chi connectivity index (χ1n) is 1.84. The van der Waals surface area contributed by atoms with Gasteiger partial charge in [-0.1, -0.05) is 0 Å². The van der Waals surface area contributed by atoms with E-state index in [1.807, 2.05) is 0 Å². The van der Waals surface area contributed by atoms with Crippen LogP contribution in [0.1, 0.15) is 6.42 Å². The molecule has 0 aliphatic heterocycles. The Morgan fingerprint density at radius 2 is 2.50 bits per heavy atom. The summed E-state index contributed by atoms with van der Waals surface area (Å²) >= 11 is 0. The Bertz CT molecular complexity index is 51.4. The van der Waals surface area contributed by atoms with E-state index in [9.17, 15) is 0 Å². The van der Waals surface area contributed by atoms with Crippen LogP contribution in [0.25, 0.3) is 0 Å². The Kier molecular flexibility index (Phi) is 4.16. The van der Waals surface area contributed by atoms with Crippen molar-refractivity contribution in [3.8, 4) is 12.3 Å². The second kappa shape index (κ2) is 4.52. The van der Waals surface area contributed by atoms with Gasteiger partial charge in [0, 0.05) is 13.5 Å². The van der Waals surface area contributed by atoms with Crippen LogP contribution in [-0.4, -0.2) is 13.7 Å². The van der Waals surface area contributed by atoms with Crippen LogP contribution in [0.4, 0.5) is 0 Å². The summed E-state index contributed by atoms with van der Waals surface area (Å²) < 4.78 is 4.64. The maximum Gasteiger partial charge on any atom is 0.0571 e. The molecule has 0 saturated carbocycles. The third-order valence-corrected chi connectivity index (χ3v) is 0.451. The molecule has 0 saturated heterocycles. The first-order chi connectivity index (χ1) is 2.91. The van der Waals surface area contributed by atoms with Crippen LogP contribution in [0.3, 0.4) is 0 Å². The number of hydrogen-bond acceptors (Lipinski definition) is 1. The minimum absolute atomic E-state index is 0.677. The van der Waals surface area contributed by atoms with E-state index in [1.165, 1.54) is 0 Å². The lowest BCUT2D eigenvalue weighted by atomic mass is 10.5. The molecule has 0 aliphatic carbocycles. The van der Waals surface area contributed by atoms with E-state index >= 15 is 0 Å². The Hall–Kier alpha value is -0.480. The van der Waals surface area contributed by atoms with Crippen molar-refractivity contribution in [1.82, 2.24) is 0 Å². The van der Waals surface area contributed by atoms with Crippen molar-refractivity contribution < 1.29 is 4.74 Å². The summed E-state index contributed by atoms with van der Waals surface area (Å²) in [5, 5.41) is 0. The zero-order valence-corrected chi connectivity index (χ0v) is 3.90. The van der Waals surface area contributed by atoms with Crippen LogP contribution >= 0.6 is 0 Å². The first-order valence-corrected chi connectivity index (χ1v) is 1.84. The molecule has 6 heavy (non-hydrogen) atoms. The van der Waals surface area contributed by atoms with Crippen LogP contribution in [0.2, 0.25) is 0 Å². The second-order valence-electron chi connectivity index (χ2n) is 0.947.